The minimum Gasteiger partial charge on any atom is -0.347 e. The number of imidazole rings is 1. The Morgan fingerprint density at radius 2 is 2.32 bits per heavy atom. The van der Waals surface area contributed by atoms with Crippen LogP contribution in [0.1, 0.15) is 41.1 Å². The Kier molecular flexibility index (Phi) is 3.94. The third-order valence-electron chi connectivity index (χ3n) is 3.01. The Morgan fingerprint density at radius 1 is 1.53 bits per heavy atom. The van der Waals surface area contributed by atoms with Crippen LogP contribution < -0.4 is 5.32 Å². The van der Waals surface area contributed by atoms with Gasteiger partial charge < -0.3 is 10.3 Å². The molecule has 1 heterocycles. The van der Waals surface area contributed by atoms with Crippen molar-refractivity contribution in [2.75, 3.05) is 0 Å². The van der Waals surface area contributed by atoms with Crippen LogP contribution in [0.5, 0.6) is 0 Å². The van der Waals surface area contributed by atoms with Crippen molar-refractivity contribution in [3.63, 3.8) is 0 Å². The lowest BCUT2D eigenvalue weighted by atomic mass is 10.1. The largest absolute Gasteiger partial charge is 0.347 e. The second-order valence-corrected chi connectivity index (χ2v) is 4.37. The molecule has 5 heteroatoms. The number of nitrogens with one attached hydrogen (secondary N) is 2. The van der Waals surface area contributed by atoms with Crippen molar-refractivity contribution in [1.29, 1.82) is 0 Å². The third-order valence-corrected chi connectivity index (χ3v) is 3.01. The van der Waals surface area contributed by atoms with E-state index in [4.69, 9.17) is 0 Å². The summed E-state index contributed by atoms with van der Waals surface area (Å²) in [6.45, 7) is 3.73. The van der Waals surface area contributed by atoms with Crippen LogP contribution in [-0.4, -0.2) is 15.9 Å². The van der Waals surface area contributed by atoms with Gasteiger partial charge in [-0.05, 0) is 31.0 Å². The number of aromatic amines is 1. The first-order valence-electron chi connectivity index (χ1n) is 6.18. The molecular formula is C14H16FN3O. The topological polar surface area (TPSA) is 57.8 Å². The smallest absolute Gasteiger partial charge is 0.252 e. The van der Waals surface area contributed by atoms with Crippen molar-refractivity contribution in [2.45, 2.75) is 26.3 Å². The number of aromatic nitrogens is 2. The first-order valence-corrected chi connectivity index (χ1v) is 6.18. The van der Waals surface area contributed by atoms with Crippen molar-refractivity contribution in [3.05, 3.63) is 53.4 Å². The number of carbonyl (C=O) groups excluding carboxylic acids is 1. The highest BCUT2D eigenvalue weighted by Crippen LogP contribution is 2.15. The lowest BCUT2D eigenvalue weighted by Crippen LogP contribution is -2.29. The van der Waals surface area contributed by atoms with Crippen LogP contribution in [0.3, 0.4) is 0 Å². The minimum atomic E-state index is -0.415. The van der Waals surface area contributed by atoms with Crippen LogP contribution in [0.4, 0.5) is 4.39 Å². The summed E-state index contributed by atoms with van der Waals surface area (Å²) >= 11 is 0. The first kappa shape index (κ1) is 13.3. The molecular weight excluding hydrogens is 245 g/mol. The lowest BCUT2D eigenvalue weighted by Gasteiger charge is -2.15. The summed E-state index contributed by atoms with van der Waals surface area (Å²) in [4.78, 5) is 19.3. The van der Waals surface area contributed by atoms with Crippen LogP contribution in [0.15, 0.2) is 30.6 Å². The van der Waals surface area contributed by atoms with E-state index in [1.165, 1.54) is 12.1 Å². The summed E-state index contributed by atoms with van der Waals surface area (Å²) in [6, 6.07) is 3.98. The Hall–Kier alpha value is -2.17. The van der Waals surface area contributed by atoms with Crippen LogP contribution in [0, 0.1) is 12.7 Å². The molecule has 0 bridgehead atoms. The monoisotopic (exact) mass is 261 g/mol. The maximum Gasteiger partial charge on any atom is 0.252 e. The predicted octanol–water partition coefficient (Wildman–Crippen LogP) is 2.74. The SMILES string of the molecule is CCC(NC(=O)c1cc(F)ccc1C)c1ncc[nH]1. The maximum absolute atomic E-state index is 13.2. The van der Waals surface area contributed by atoms with Crippen LogP contribution in [0.2, 0.25) is 0 Å². The lowest BCUT2D eigenvalue weighted by molar-refractivity contribution is 0.0933. The molecule has 0 aliphatic carbocycles. The molecule has 2 rings (SSSR count). The molecule has 0 radical (unpaired) electrons. The molecule has 0 spiro atoms. The zero-order valence-corrected chi connectivity index (χ0v) is 10.9. The number of aryl methyl sites for hydroxylation is 1. The van der Waals surface area contributed by atoms with E-state index in [0.717, 1.165) is 5.56 Å². The normalized spacial score (nSPS) is 12.2. The van der Waals surface area contributed by atoms with E-state index < -0.39 is 5.82 Å². The zero-order chi connectivity index (χ0) is 13.8. The summed E-state index contributed by atoms with van der Waals surface area (Å²) in [5, 5.41) is 2.85. The van der Waals surface area contributed by atoms with Gasteiger partial charge in [-0.25, -0.2) is 9.37 Å². The van der Waals surface area contributed by atoms with E-state index in [1.807, 2.05) is 6.92 Å². The fraction of sp³-hybridized carbons (Fsp3) is 0.286. The summed E-state index contributed by atoms with van der Waals surface area (Å²) in [5.41, 5.74) is 1.10. The van der Waals surface area contributed by atoms with Gasteiger partial charge in [-0.1, -0.05) is 13.0 Å². The Labute approximate surface area is 111 Å². The fourth-order valence-electron chi connectivity index (χ4n) is 1.91. The summed E-state index contributed by atoms with van der Waals surface area (Å²) in [6.07, 6.45) is 4.04. The van der Waals surface area contributed by atoms with Crippen LogP contribution >= 0.6 is 0 Å². The number of H-pyrrole nitrogens is 1. The Morgan fingerprint density at radius 3 is 2.95 bits per heavy atom. The third kappa shape index (κ3) is 2.99. The molecule has 1 aromatic carbocycles. The standard InChI is InChI=1S/C14H16FN3O/c1-3-12(13-16-6-7-17-13)18-14(19)11-8-10(15)5-4-9(11)2/h4-8,12H,3H2,1-2H3,(H,16,17)(H,18,19). The van der Waals surface area contributed by atoms with Crippen molar-refractivity contribution < 1.29 is 9.18 Å². The highest BCUT2D eigenvalue weighted by Gasteiger charge is 2.17. The van der Waals surface area contributed by atoms with Gasteiger partial charge in [0.25, 0.3) is 5.91 Å². The number of nitrogens with zero attached hydrogens (tertiary/aromatic N) is 1. The quantitative estimate of drug-likeness (QED) is 0.889. The van der Waals surface area contributed by atoms with Gasteiger partial charge >= 0.3 is 0 Å². The average molecular weight is 261 g/mol. The second kappa shape index (κ2) is 5.65. The predicted molar refractivity (Wildman–Crippen MR) is 70.2 cm³/mol. The van der Waals surface area contributed by atoms with Gasteiger partial charge in [0.05, 0.1) is 6.04 Å². The number of amides is 1. The Balaban J connectivity index is 2.18. The molecule has 4 nitrogen and oxygen atoms in total. The van der Waals surface area contributed by atoms with E-state index in [2.05, 4.69) is 15.3 Å². The maximum atomic E-state index is 13.2. The summed E-state index contributed by atoms with van der Waals surface area (Å²) in [5.74, 6) is -0.00745. The molecule has 2 aromatic rings. The van der Waals surface area contributed by atoms with E-state index in [-0.39, 0.29) is 11.9 Å². The van der Waals surface area contributed by atoms with Gasteiger partial charge in [0, 0.05) is 18.0 Å². The number of hydrogen-bond donors (Lipinski definition) is 2. The average Bonchev–Trinajstić information content (AvgIpc) is 2.92. The van der Waals surface area contributed by atoms with Gasteiger partial charge in [0.1, 0.15) is 11.6 Å². The molecule has 1 amide bonds. The molecule has 0 fully saturated rings. The number of hydrogen-bond acceptors (Lipinski definition) is 2. The molecule has 1 unspecified atom stereocenters. The van der Waals surface area contributed by atoms with Crippen molar-refractivity contribution in [2.24, 2.45) is 0 Å². The van der Waals surface area contributed by atoms with Crippen LogP contribution in [-0.2, 0) is 0 Å². The number of carbonyl (C=O) groups is 1. The molecule has 1 aromatic heterocycles. The van der Waals surface area contributed by atoms with Gasteiger partial charge in [-0.15, -0.1) is 0 Å². The highest BCUT2D eigenvalue weighted by atomic mass is 19.1. The number of benzene rings is 1. The molecule has 19 heavy (non-hydrogen) atoms. The zero-order valence-electron chi connectivity index (χ0n) is 10.9. The fourth-order valence-corrected chi connectivity index (χ4v) is 1.91. The molecule has 0 saturated heterocycles. The Bertz CT molecular complexity index is 566. The van der Waals surface area contributed by atoms with Crippen molar-refractivity contribution >= 4 is 5.91 Å². The van der Waals surface area contributed by atoms with E-state index in [0.29, 0.717) is 17.8 Å². The van der Waals surface area contributed by atoms with Gasteiger partial charge in [0.2, 0.25) is 0 Å². The molecule has 0 aliphatic heterocycles. The van der Waals surface area contributed by atoms with E-state index in [1.54, 1.807) is 25.4 Å². The van der Waals surface area contributed by atoms with Crippen LogP contribution in [0.25, 0.3) is 0 Å². The number of rotatable bonds is 4. The van der Waals surface area contributed by atoms with E-state index in [9.17, 15) is 9.18 Å². The second-order valence-electron chi connectivity index (χ2n) is 4.37. The first-order chi connectivity index (χ1) is 9.11. The molecule has 0 aliphatic rings. The number of halogens is 1. The minimum absolute atomic E-state index is 0.204. The molecule has 1 atom stereocenters. The summed E-state index contributed by atoms with van der Waals surface area (Å²) in [7, 11) is 0. The van der Waals surface area contributed by atoms with Gasteiger partial charge in [-0.3, -0.25) is 4.79 Å². The summed E-state index contributed by atoms with van der Waals surface area (Å²) < 4.78 is 13.2. The molecule has 100 valence electrons. The van der Waals surface area contributed by atoms with Crippen molar-refractivity contribution in [1.82, 2.24) is 15.3 Å². The molecule has 0 saturated carbocycles. The van der Waals surface area contributed by atoms with Gasteiger partial charge in [-0.2, -0.15) is 0 Å². The molecule has 2 N–H and O–H groups in total. The van der Waals surface area contributed by atoms with Gasteiger partial charge in [0.15, 0.2) is 0 Å². The highest BCUT2D eigenvalue weighted by molar-refractivity contribution is 5.95. The van der Waals surface area contributed by atoms with E-state index >= 15 is 0 Å². The van der Waals surface area contributed by atoms with Crippen molar-refractivity contribution in [3.8, 4) is 0 Å².